The van der Waals surface area contributed by atoms with Gasteiger partial charge in [-0.15, -0.1) is 0 Å². The summed E-state index contributed by atoms with van der Waals surface area (Å²) in [5.74, 6) is 0.174. The smallest absolute Gasteiger partial charge is 0.244 e. The number of aliphatic hydroxyl groups is 1. The Labute approximate surface area is 115 Å². The number of primary amides is 1. The van der Waals surface area contributed by atoms with Crippen LogP contribution in [0.2, 0.25) is 0 Å². The van der Waals surface area contributed by atoms with Crippen LogP contribution in [0.25, 0.3) is 0 Å². The minimum atomic E-state index is -1.22. The van der Waals surface area contributed by atoms with Crippen LogP contribution in [0.3, 0.4) is 0 Å². The first-order chi connectivity index (χ1) is 8.41. The van der Waals surface area contributed by atoms with E-state index in [-0.39, 0.29) is 13.0 Å². The Balaban J connectivity index is 2.50. The van der Waals surface area contributed by atoms with Crippen molar-refractivity contribution in [2.45, 2.75) is 17.9 Å². The van der Waals surface area contributed by atoms with E-state index in [4.69, 9.17) is 10.5 Å². The van der Waals surface area contributed by atoms with Gasteiger partial charge in [0.05, 0.1) is 0 Å². The molecular formula is C13H16BrNO3. The van der Waals surface area contributed by atoms with E-state index < -0.39 is 10.4 Å². The van der Waals surface area contributed by atoms with Gasteiger partial charge >= 0.3 is 0 Å². The Kier molecular flexibility index (Phi) is 5.37. The molecule has 1 aromatic carbocycles. The average Bonchev–Trinajstić information content (AvgIpc) is 2.35. The van der Waals surface area contributed by atoms with E-state index >= 15 is 0 Å². The summed E-state index contributed by atoms with van der Waals surface area (Å²) in [6, 6.07) is 9.17. The second-order valence-electron chi connectivity index (χ2n) is 3.98. The van der Waals surface area contributed by atoms with Gasteiger partial charge in [-0.1, -0.05) is 40.2 Å². The van der Waals surface area contributed by atoms with Gasteiger partial charge in [0.15, 0.2) is 4.51 Å². The third kappa shape index (κ3) is 5.33. The summed E-state index contributed by atoms with van der Waals surface area (Å²) < 4.78 is 4.20. The standard InChI is InChI=1S/C13H16BrNO3/c1-10(12(15)16)7-8-13(14,17)9-18-11-5-3-2-4-6-11/h2-7,17H,8-9H2,1H3,(H2,15,16)/b10-7+. The quantitative estimate of drug-likeness (QED) is 0.623. The van der Waals surface area contributed by atoms with E-state index in [2.05, 4.69) is 15.9 Å². The molecule has 18 heavy (non-hydrogen) atoms. The summed E-state index contributed by atoms with van der Waals surface area (Å²) in [5.41, 5.74) is 5.50. The van der Waals surface area contributed by atoms with Gasteiger partial charge in [0, 0.05) is 12.0 Å². The Morgan fingerprint density at radius 3 is 2.67 bits per heavy atom. The summed E-state index contributed by atoms with van der Waals surface area (Å²) in [7, 11) is 0. The Bertz CT molecular complexity index is 429. The van der Waals surface area contributed by atoms with Gasteiger partial charge in [0.1, 0.15) is 12.4 Å². The van der Waals surface area contributed by atoms with Crippen LogP contribution in [0.1, 0.15) is 13.3 Å². The highest BCUT2D eigenvalue weighted by Crippen LogP contribution is 2.22. The number of ether oxygens (including phenoxy) is 1. The van der Waals surface area contributed by atoms with Crippen molar-refractivity contribution in [1.29, 1.82) is 0 Å². The number of alkyl halides is 1. The molecule has 0 bridgehead atoms. The average molecular weight is 314 g/mol. The van der Waals surface area contributed by atoms with Gasteiger partial charge in [-0.25, -0.2) is 0 Å². The van der Waals surface area contributed by atoms with Crippen molar-refractivity contribution in [2.24, 2.45) is 5.73 Å². The molecule has 5 heteroatoms. The van der Waals surface area contributed by atoms with E-state index in [0.717, 1.165) is 0 Å². The molecule has 1 atom stereocenters. The lowest BCUT2D eigenvalue weighted by atomic mass is 10.2. The second-order valence-corrected chi connectivity index (χ2v) is 5.45. The predicted molar refractivity (Wildman–Crippen MR) is 73.4 cm³/mol. The summed E-state index contributed by atoms with van der Waals surface area (Å²) in [5, 5.41) is 10.0. The fourth-order valence-electron chi connectivity index (χ4n) is 1.18. The first kappa shape index (κ1) is 14.7. The molecular weight excluding hydrogens is 298 g/mol. The molecule has 0 aliphatic carbocycles. The zero-order chi connectivity index (χ0) is 13.6. The number of carbonyl (C=O) groups excluding carboxylic acids is 1. The van der Waals surface area contributed by atoms with Crippen LogP contribution >= 0.6 is 15.9 Å². The Morgan fingerprint density at radius 1 is 1.50 bits per heavy atom. The fraction of sp³-hybridized carbons (Fsp3) is 0.308. The summed E-state index contributed by atoms with van der Waals surface area (Å²) in [6.07, 6.45) is 1.81. The molecule has 0 aliphatic rings. The number of hydrogen-bond acceptors (Lipinski definition) is 3. The van der Waals surface area contributed by atoms with Crippen molar-refractivity contribution in [3.8, 4) is 5.75 Å². The predicted octanol–water partition coefficient (Wildman–Crippen LogP) is 1.97. The summed E-state index contributed by atoms with van der Waals surface area (Å²) in [6.45, 7) is 1.67. The third-order valence-electron chi connectivity index (χ3n) is 2.31. The van der Waals surface area contributed by atoms with Crippen LogP contribution in [0.4, 0.5) is 0 Å². The van der Waals surface area contributed by atoms with Crippen LogP contribution in [0.5, 0.6) is 5.75 Å². The highest BCUT2D eigenvalue weighted by molar-refractivity contribution is 9.10. The number of carbonyl (C=O) groups is 1. The van der Waals surface area contributed by atoms with E-state index in [0.29, 0.717) is 11.3 Å². The molecule has 1 amide bonds. The first-order valence-electron chi connectivity index (χ1n) is 5.46. The van der Waals surface area contributed by atoms with Crippen molar-refractivity contribution >= 4 is 21.8 Å². The lowest BCUT2D eigenvalue weighted by Gasteiger charge is -2.20. The van der Waals surface area contributed by atoms with Crippen LogP contribution in [-0.4, -0.2) is 22.1 Å². The molecule has 0 heterocycles. The largest absolute Gasteiger partial charge is 0.490 e. The van der Waals surface area contributed by atoms with Crippen LogP contribution in [0, 0.1) is 0 Å². The van der Waals surface area contributed by atoms with Gasteiger partial charge in [-0.2, -0.15) is 0 Å². The maximum absolute atomic E-state index is 10.8. The molecule has 0 fully saturated rings. The molecule has 3 N–H and O–H groups in total. The van der Waals surface area contributed by atoms with E-state index in [1.54, 1.807) is 25.1 Å². The highest BCUT2D eigenvalue weighted by atomic mass is 79.9. The number of para-hydroxylation sites is 1. The zero-order valence-corrected chi connectivity index (χ0v) is 11.7. The number of rotatable bonds is 6. The number of benzene rings is 1. The monoisotopic (exact) mass is 313 g/mol. The molecule has 0 aromatic heterocycles. The van der Waals surface area contributed by atoms with Crippen molar-refractivity contribution in [3.05, 3.63) is 42.0 Å². The first-order valence-corrected chi connectivity index (χ1v) is 6.26. The maximum Gasteiger partial charge on any atom is 0.244 e. The normalized spacial score (nSPS) is 14.9. The molecule has 0 saturated heterocycles. The van der Waals surface area contributed by atoms with Crippen molar-refractivity contribution < 1.29 is 14.6 Å². The van der Waals surface area contributed by atoms with E-state index in [1.165, 1.54) is 0 Å². The number of amides is 1. The van der Waals surface area contributed by atoms with Crippen molar-refractivity contribution in [2.75, 3.05) is 6.61 Å². The van der Waals surface area contributed by atoms with Gasteiger partial charge < -0.3 is 15.6 Å². The molecule has 0 spiro atoms. The second kappa shape index (κ2) is 6.56. The Hall–Kier alpha value is -1.33. The van der Waals surface area contributed by atoms with Crippen LogP contribution in [0.15, 0.2) is 42.0 Å². The number of halogens is 1. The van der Waals surface area contributed by atoms with Crippen molar-refractivity contribution in [1.82, 2.24) is 0 Å². The van der Waals surface area contributed by atoms with Gasteiger partial charge in [-0.3, -0.25) is 4.79 Å². The molecule has 0 aliphatic heterocycles. The lowest BCUT2D eigenvalue weighted by Crippen LogP contribution is -2.28. The molecule has 1 rings (SSSR count). The molecule has 4 nitrogen and oxygen atoms in total. The van der Waals surface area contributed by atoms with Gasteiger partial charge in [0.2, 0.25) is 5.91 Å². The minimum absolute atomic E-state index is 0.0690. The van der Waals surface area contributed by atoms with E-state index in [9.17, 15) is 9.90 Å². The molecule has 1 aromatic rings. The SMILES string of the molecule is C/C(=C\CC(O)(Br)COc1ccccc1)C(N)=O. The van der Waals surface area contributed by atoms with Gasteiger partial charge in [-0.05, 0) is 19.1 Å². The molecule has 1 unspecified atom stereocenters. The molecule has 98 valence electrons. The van der Waals surface area contributed by atoms with Crippen LogP contribution < -0.4 is 10.5 Å². The van der Waals surface area contributed by atoms with Crippen molar-refractivity contribution in [3.63, 3.8) is 0 Å². The highest BCUT2D eigenvalue weighted by Gasteiger charge is 2.22. The zero-order valence-electron chi connectivity index (χ0n) is 10.1. The molecule has 0 radical (unpaired) electrons. The number of hydrogen-bond donors (Lipinski definition) is 2. The van der Waals surface area contributed by atoms with Gasteiger partial charge in [0.25, 0.3) is 0 Å². The molecule has 0 saturated carbocycles. The van der Waals surface area contributed by atoms with Crippen LogP contribution in [-0.2, 0) is 4.79 Å². The lowest BCUT2D eigenvalue weighted by molar-refractivity contribution is -0.114. The Morgan fingerprint density at radius 2 is 2.11 bits per heavy atom. The third-order valence-corrected chi connectivity index (χ3v) is 2.87. The maximum atomic E-state index is 10.8. The number of nitrogens with two attached hydrogens (primary N) is 1. The summed E-state index contributed by atoms with van der Waals surface area (Å²) in [4.78, 5) is 10.8. The summed E-state index contributed by atoms with van der Waals surface area (Å²) >= 11 is 3.15. The van der Waals surface area contributed by atoms with E-state index in [1.807, 2.05) is 18.2 Å². The topological polar surface area (TPSA) is 72.6 Å². The minimum Gasteiger partial charge on any atom is -0.490 e. The fourth-order valence-corrected chi connectivity index (χ4v) is 1.46.